The molecular weight excluding hydrogens is 322 g/mol. The minimum atomic E-state index is -1.13. The molecule has 1 amide bonds. The molecule has 0 aromatic carbocycles. The summed E-state index contributed by atoms with van der Waals surface area (Å²) in [6.45, 7) is 0. The van der Waals surface area contributed by atoms with Gasteiger partial charge in [0.25, 0.3) is 11.7 Å². The molecule has 108 valence electrons. The highest BCUT2D eigenvalue weighted by atomic mass is 35.5. The van der Waals surface area contributed by atoms with Crippen LogP contribution < -0.4 is 11.1 Å². The molecule has 9 nitrogen and oxygen atoms in total. The van der Waals surface area contributed by atoms with Crippen LogP contribution in [0.5, 0.6) is 0 Å². The molecule has 21 heavy (non-hydrogen) atoms. The normalized spacial score (nSPS) is 10.1. The second-order valence-electron chi connectivity index (χ2n) is 3.61. The number of ketones is 1. The van der Waals surface area contributed by atoms with E-state index >= 15 is 0 Å². The van der Waals surface area contributed by atoms with Crippen LogP contribution in [-0.2, 0) is 4.79 Å². The molecule has 0 aliphatic carbocycles. The van der Waals surface area contributed by atoms with Gasteiger partial charge in [-0.05, 0) is 23.0 Å². The Labute approximate surface area is 125 Å². The number of aromatic nitrogens is 2. The number of nitro groups is 1. The quantitative estimate of drug-likeness (QED) is 0.278. The number of thiophene rings is 1. The molecule has 3 N–H and O–H groups in total. The number of carbonyl (C=O) groups excluding carboxylic acids is 2. The first-order chi connectivity index (χ1) is 9.90. The molecule has 2 aromatic heterocycles. The topological polar surface area (TPSA) is 141 Å². The molecule has 0 radical (unpaired) electrons. The predicted molar refractivity (Wildman–Crippen MR) is 74.8 cm³/mol. The van der Waals surface area contributed by atoms with Crippen LogP contribution in [0.25, 0.3) is 0 Å². The van der Waals surface area contributed by atoms with Gasteiger partial charge >= 0.3 is 5.69 Å². The zero-order chi connectivity index (χ0) is 15.6. The fourth-order valence-electron chi connectivity index (χ4n) is 1.40. The van der Waals surface area contributed by atoms with Gasteiger partial charge in [-0.1, -0.05) is 0 Å². The minimum absolute atomic E-state index is 0.00321. The molecule has 0 saturated heterocycles. The van der Waals surface area contributed by atoms with Crippen molar-refractivity contribution in [2.24, 2.45) is 5.73 Å². The Hall–Kier alpha value is -2.59. The number of amides is 1. The third-order valence-corrected chi connectivity index (χ3v) is 3.31. The van der Waals surface area contributed by atoms with E-state index < -0.39 is 22.3 Å². The largest absolute Gasteiger partial charge is 0.363 e. The lowest BCUT2D eigenvalue weighted by atomic mass is 10.2. The van der Waals surface area contributed by atoms with Crippen molar-refractivity contribution in [2.75, 3.05) is 5.32 Å². The molecule has 0 unspecified atom stereocenters. The van der Waals surface area contributed by atoms with Crippen LogP contribution >= 0.6 is 22.9 Å². The van der Waals surface area contributed by atoms with Crippen molar-refractivity contribution in [1.82, 2.24) is 9.97 Å². The molecule has 2 rings (SSSR count). The van der Waals surface area contributed by atoms with Gasteiger partial charge in [0.1, 0.15) is 11.2 Å². The molecule has 11 heteroatoms. The smallest absolute Gasteiger partial charge is 0.329 e. The van der Waals surface area contributed by atoms with Crippen LogP contribution in [0.3, 0.4) is 0 Å². The van der Waals surface area contributed by atoms with E-state index in [9.17, 15) is 19.7 Å². The van der Waals surface area contributed by atoms with E-state index in [0.29, 0.717) is 0 Å². The molecule has 0 aliphatic heterocycles. The number of nitrogens with two attached hydrogens (primary N) is 1. The van der Waals surface area contributed by atoms with Gasteiger partial charge in [-0.15, -0.1) is 11.3 Å². The summed E-state index contributed by atoms with van der Waals surface area (Å²) < 4.78 is 0. The summed E-state index contributed by atoms with van der Waals surface area (Å²) in [6, 6.07) is 1.37. The maximum Gasteiger partial charge on any atom is 0.329 e. The Morgan fingerprint density at radius 3 is 2.81 bits per heavy atom. The summed E-state index contributed by atoms with van der Waals surface area (Å²) in [5.74, 6) is -2.24. The molecule has 0 saturated carbocycles. The van der Waals surface area contributed by atoms with E-state index in [0.717, 1.165) is 17.5 Å². The number of nitrogens with one attached hydrogen (secondary N) is 1. The van der Waals surface area contributed by atoms with Gasteiger partial charge in [-0.25, -0.2) is 4.98 Å². The summed E-state index contributed by atoms with van der Waals surface area (Å²) in [4.78, 5) is 39.9. The third kappa shape index (κ3) is 3.12. The van der Waals surface area contributed by atoms with E-state index in [1.165, 1.54) is 11.4 Å². The zero-order valence-electron chi connectivity index (χ0n) is 10.1. The summed E-state index contributed by atoms with van der Waals surface area (Å²) in [5, 5.41) is 15.0. The number of carbonyl (C=O) groups is 2. The van der Waals surface area contributed by atoms with Crippen LogP contribution in [0.1, 0.15) is 10.4 Å². The Morgan fingerprint density at radius 1 is 1.48 bits per heavy atom. The number of anilines is 2. The molecule has 2 aromatic rings. The molecular formula is C10H6ClN5O4S. The van der Waals surface area contributed by atoms with Crippen molar-refractivity contribution in [3.63, 3.8) is 0 Å². The zero-order valence-corrected chi connectivity index (χ0v) is 11.6. The van der Waals surface area contributed by atoms with E-state index in [4.69, 9.17) is 17.3 Å². The van der Waals surface area contributed by atoms with E-state index in [-0.39, 0.29) is 21.7 Å². The maximum absolute atomic E-state index is 11.6. The highest BCUT2D eigenvalue weighted by molar-refractivity contribution is 7.14. The molecule has 0 aliphatic rings. The Morgan fingerprint density at radius 2 is 2.19 bits per heavy atom. The molecule has 0 fully saturated rings. The first-order valence-electron chi connectivity index (χ1n) is 5.25. The van der Waals surface area contributed by atoms with Crippen molar-refractivity contribution in [3.8, 4) is 0 Å². The summed E-state index contributed by atoms with van der Waals surface area (Å²) >= 11 is 6.64. The SMILES string of the molecule is NC(=O)C(=O)c1ccsc1Nc1nc(Cl)ncc1[N+](=O)[O-]. The molecule has 0 bridgehead atoms. The fraction of sp³-hybridized carbons (Fsp3) is 0. The van der Waals surface area contributed by atoms with Gasteiger partial charge < -0.3 is 11.1 Å². The van der Waals surface area contributed by atoms with Gasteiger partial charge in [0.2, 0.25) is 11.1 Å². The van der Waals surface area contributed by atoms with Gasteiger partial charge in [0, 0.05) is 0 Å². The second kappa shape index (κ2) is 5.81. The summed E-state index contributed by atoms with van der Waals surface area (Å²) in [5.41, 5.74) is 4.50. The standard InChI is InChI=1S/C10H6ClN5O4S/c11-10-13-3-5(16(19)20)8(15-10)14-9-4(1-2-21-9)6(17)7(12)18/h1-3H,(H2,12,18)(H,13,14,15). The average Bonchev–Trinajstić information content (AvgIpc) is 2.85. The lowest BCUT2D eigenvalue weighted by molar-refractivity contribution is -0.384. The van der Waals surface area contributed by atoms with E-state index in [1.54, 1.807) is 0 Å². The van der Waals surface area contributed by atoms with Gasteiger partial charge in [-0.3, -0.25) is 19.7 Å². The van der Waals surface area contributed by atoms with Gasteiger partial charge in [0.15, 0.2) is 0 Å². The number of Topliss-reactive ketones (excluding diaryl/α,β-unsaturated/α-hetero) is 1. The van der Waals surface area contributed by atoms with E-state index in [1.807, 2.05) is 0 Å². The Bertz CT molecular complexity index is 747. The monoisotopic (exact) mass is 327 g/mol. The van der Waals surface area contributed by atoms with E-state index in [2.05, 4.69) is 15.3 Å². The van der Waals surface area contributed by atoms with Crippen molar-refractivity contribution >= 4 is 51.1 Å². The highest BCUT2D eigenvalue weighted by Gasteiger charge is 2.22. The molecule has 0 atom stereocenters. The maximum atomic E-state index is 11.6. The third-order valence-electron chi connectivity index (χ3n) is 2.30. The molecule has 2 heterocycles. The van der Waals surface area contributed by atoms with Crippen LogP contribution in [0.2, 0.25) is 5.28 Å². The summed E-state index contributed by atoms with van der Waals surface area (Å²) in [7, 11) is 0. The number of primary amides is 1. The molecule has 0 spiro atoms. The lowest BCUT2D eigenvalue weighted by Gasteiger charge is -2.05. The first-order valence-corrected chi connectivity index (χ1v) is 6.51. The first kappa shape index (κ1) is 14.8. The Balaban J connectivity index is 2.42. The van der Waals surface area contributed by atoms with Crippen LogP contribution in [0, 0.1) is 10.1 Å². The van der Waals surface area contributed by atoms with Crippen LogP contribution in [0.4, 0.5) is 16.5 Å². The number of halogens is 1. The average molecular weight is 328 g/mol. The van der Waals surface area contributed by atoms with Gasteiger partial charge in [0.05, 0.1) is 10.5 Å². The van der Waals surface area contributed by atoms with Crippen molar-refractivity contribution < 1.29 is 14.5 Å². The number of hydrogen-bond acceptors (Lipinski definition) is 8. The van der Waals surface area contributed by atoms with Crippen LogP contribution in [0.15, 0.2) is 17.6 Å². The summed E-state index contributed by atoms with van der Waals surface area (Å²) in [6.07, 6.45) is 0.931. The van der Waals surface area contributed by atoms with Gasteiger partial charge in [-0.2, -0.15) is 4.98 Å². The number of rotatable bonds is 5. The second-order valence-corrected chi connectivity index (χ2v) is 4.87. The number of hydrogen-bond donors (Lipinski definition) is 2. The number of nitrogens with zero attached hydrogens (tertiary/aromatic N) is 3. The lowest BCUT2D eigenvalue weighted by Crippen LogP contribution is -2.23. The minimum Gasteiger partial charge on any atom is -0.363 e. The fourth-order valence-corrected chi connectivity index (χ4v) is 2.32. The highest BCUT2D eigenvalue weighted by Crippen LogP contribution is 2.31. The Kier molecular flexibility index (Phi) is 4.10. The van der Waals surface area contributed by atoms with Crippen LogP contribution in [-0.4, -0.2) is 26.6 Å². The van der Waals surface area contributed by atoms with Crippen molar-refractivity contribution in [3.05, 3.63) is 38.6 Å². The van der Waals surface area contributed by atoms with Crippen molar-refractivity contribution in [1.29, 1.82) is 0 Å². The van der Waals surface area contributed by atoms with Crippen molar-refractivity contribution in [2.45, 2.75) is 0 Å². The predicted octanol–water partition coefficient (Wildman–Crippen LogP) is 1.51.